The molecule has 2 aromatic carbocycles. The van der Waals surface area contributed by atoms with Crippen molar-refractivity contribution in [3.8, 4) is 22.6 Å². The van der Waals surface area contributed by atoms with Crippen molar-refractivity contribution in [3.63, 3.8) is 0 Å². The van der Waals surface area contributed by atoms with E-state index in [-0.39, 0.29) is 12.3 Å². The number of hydrogen-bond donors (Lipinski definition) is 2. The summed E-state index contributed by atoms with van der Waals surface area (Å²) in [6.45, 7) is 3.71. The monoisotopic (exact) mass is 595 g/mol. The standard InChI is InChI=1S/C29H24Cl2FN5O4/c1-5-25(38)36-20-9-16(32)6-7-19(20)35-24-10-21-15(12-33-24)8-18(29-34-17(14-39-2)13-37(21)29)26-27(30)22(40-3)11-23(41-4)28(26)31/h5-13H,1,14H2,2-4H3,(H,33,35)(H,36,38). The summed E-state index contributed by atoms with van der Waals surface area (Å²) in [4.78, 5) is 21.3. The molecule has 2 N–H and O–H groups in total. The average Bonchev–Trinajstić information content (AvgIpc) is 3.39. The minimum absolute atomic E-state index is 0.235. The van der Waals surface area contributed by atoms with E-state index in [9.17, 15) is 9.18 Å². The van der Waals surface area contributed by atoms with Crippen LogP contribution in [-0.4, -0.2) is 41.6 Å². The molecule has 0 fully saturated rings. The molecule has 3 heterocycles. The molecule has 0 aliphatic heterocycles. The Balaban J connectivity index is 1.70. The molecule has 0 aliphatic carbocycles. The van der Waals surface area contributed by atoms with E-state index in [4.69, 9.17) is 42.4 Å². The Morgan fingerprint density at radius 2 is 1.80 bits per heavy atom. The highest BCUT2D eigenvalue weighted by atomic mass is 35.5. The molecular formula is C29H24Cl2FN5O4. The number of fused-ring (bicyclic) bond motifs is 3. The van der Waals surface area contributed by atoms with Crippen LogP contribution in [0.1, 0.15) is 5.69 Å². The summed E-state index contributed by atoms with van der Waals surface area (Å²) in [5, 5.41) is 7.09. The van der Waals surface area contributed by atoms with Gasteiger partial charge in [-0.15, -0.1) is 0 Å². The van der Waals surface area contributed by atoms with Gasteiger partial charge in [-0.1, -0.05) is 29.8 Å². The van der Waals surface area contributed by atoms with Crippen molar-refractivity contribution >= 4 is 62.9 Å². The molecular weight excluding hydrogens is 572 g/mol. The van der Waals surface area contributed by atoms with Crippen LogP contribution in [0.2, 0.25) is 10.0 Å². The molecule has 0 radical (unpaired) electrons. The number of methoxy groups -OCH3 is 3. The van der Waals surface area contributed by atoms with Crippen molar-refractivity contribution in [2.45, 2.75) is 6.61 Å². The van der Waals surface area contributed by atoms with E-state index in [2.05, 4.69) is 22.2 Å². The maximum atomic E-state index is 13.9. The van der Waals surface area contributed by atoms with Crippen LogP contribution in [0, 0.1) is 5.82 Å². The number of carbonyl (C=O) groups excluding carboxylic acids is 1. The molecule has 0 aliphatic rings. The summed E-state index contributed by atoms with van der Waals surface area (Å²) in [5.41, 5.74) is 3.76. The topological polar surface area (TPSA) is 99.0 Å². The molecule has 12 heteroatoms. The number of aromatic nitrogens is 3. The maximum Gasteiger partial charge on any atom is 0.247 e. The van der Waals surface area contributed by atoms with E-state index in [1.807, 2.05) is 22.7 Å². The number of ether oxygens (including phenoxy) is 3. The lowest BCUT2D eigenvalue weighted by Crippen LogP contribution is -2.09. The summed E-state index contributed by atoms with van der Waals surface area (Å²) in [7, 11) is 4.60. The van der Waals surface area contributed by atoms with Gasteiger partial charge in [0.25, 0.3) is 0 Å². The maximum absolute atomic E-state index is 13.9. The number of halogens is 3. The second-order valence-electron chi connectivity index (χ2n) is 8.84. The fourth-order valence-corrected chi connectivity index (χ4v) is 5.14. The van der Waals surface area contributed by atoms with Crippen LogP contribution in [-0.2, 0) is 16.1 Å². The van der Waals surface area contributed by atoms with Gasteiger partial charge in [-0.2, -0.15) is 0 Å². The summed E-state index contributed by atoms with van der Waals surface area (Å²) in [6.07, 6.45) is 4.62. The molecule has 0 spiro atoms. The number of imidazole rings is 1. The number of pyridine rings is 2. The lowest BCUT2D eigenvalue weighted by atomic mass is 10.0. The molecule has 0 unspecified atom stereocenters. The third kappa shape index (κ3) is 5.37. The molecule has 210 valence electrons. The van der Waals surface area contributed by atoms with Crippen molar-refractivity contribution in [1.82, 2.24) is 14.4 Å². The van der Waals surface area contributed by atoms with Gasteiger partial charge >= 0.3 is 0 Å². The lowest BCUT2D eigenvalue weighted by molar-refractivity contribution is -0.111. The zero-order valence-corrected chi connectivity index (χ0v) is 23.7. The minimum Gasteiger partial charge on any atom is -0.495 e. The lowest BCUT2D eigenvalue weighted by Gasteiger charge is -2.17. The summed E-state index contributed by atoms with van der Waals surface area (Å²) in [6, 6.07) is 9.30. The Hall–Kier alpha value is -4.38. The van der Waals surface area contributed by atoms with Gasteiger partial charge in [-0.25, -0.2) is 14.4 Å². The number of rotatable bonds is 9. The molecule has 0 saturated carbocycles. The highest BCUT2D eigenvalue weighted by Gasteiger charge is 2.23. The van der Waals surface area contributed by atoms with Gasteiger partial charge in [0.2, 0.25) is 5.91 Å². The number of amides is 1. The Kier molecular flexibility index (Phi) is 7.98. The molecule has 5 rings (SSSR count). The number of hydrogen-bond acceptors (Lipinski definition) is 7. The van der Waals surface area contributed by atoms with E-state index in [1.165, 1.54) is 32.4 Å². The molecule has 41 heavy (non-hydrogen) atoms. The predicted octanol–water partition coefficient (Wildman–Crippen LogP) is 7.03. The largest absolute Gasteiger partial charge is 0.495 e. The highest BCUT2D eigenvalue weighted by Crippen LogP contribution is 2.47. The van der Waals surface area contributed by atoms with Crippen molar-refractivity contribution in [1.29, 1.82) is 0 Å². The van der Waals surface area contributed by atoms with Crippen LogP contribution in [0.5, 0.6) is 11.5 Å². The Morgan fingerprint density at radius 3 is 2.46 bits per heavy atom. The van der Waals surface area contributed by atoms with Gasteiger partial charge in [0, 0.05) is 48.1 Å². The first-order valence-corrected chi connectivity index (χ1v) is 12.9. The minimum atomic E-state index is -0.508. The smallest absolute Gasteiger partial charge is 0.247 e. The summed E-state index contributed by atoms with van der Waals surface area (Å²) >= 11 is 13.5. The van der Waals surface area contributed by atoms with Gasteiger partial charge in [-0.3, -0.25) is 9.20 Å². The highest BCUT2D eigenvalue weighted by molar-refractivity contribution is 6.41. The fraction of sp³-hybridized carbons (Fsp3) is 0.138. The number of anilines is 3. The van der Waals surface area contributed by atoms with Gasteiger partial charge in [0.1, 0.15) is 28.8 Å². The average molecular weight is 596 g/mol. The van der Waals surface area contributed by atoms with Crippen LogP contribution in [0.15, 0.2) is 61.4 Å². The SMILES string of the molecule is C=CC(=O)Nc1cc(F)ccc1Nc1cc2c(cn1)cc(-c1c(Cl)c(OC)cc(OC)c1Cl)c1nc(COC)cn12. The number of benzene rings is 2. The first-order chi connectivity index (χ1) is 19.8. The zero-order valence-electron chi connectivity index (χ0n) is 22.2. The molecule has 0 atom stereocenters. The normalized spacial score (nSPS) is 11.1. The summed E-state index contributed by atoms with van der Waals surface area (Å²) < 4.78 is 32.1. The van der Waals surface area contributed by atoms with Crippen molar-refractivity contribution in [2.24, 2.45) is 0 Å². The predicted molar refractivity (Wildman–Crippen MR) is 158 cm³/mol. The fourth-order valence-electron chi connectivity index (χ4n) is 4.44. The quantitative estimate of drug-likeness (QED) is 0.176. The molecule has 1 amide bonds. The second kappa shape index (κ2) is 11.6. The Bertz CT molecular complexity index is 1800. The van der Waals surface area contributed by atoms with E-state index in [1.54, 1.807) is 19.4 Å². The van der Waals surface area contributed by atoms with E-state index in [0.717, 1.165) is 17.0 Å². The van der Waals surface area contributed by atoms with E-state index in [0.29, 0.717) is 55.5 Å². The van der Waals surface area contributed by atoms with Gasteiger partial charge in [-0.05, 0) is 30.3 Å². The third-order valence-electron chi connectivity index (χ3n) is 6.29. The molecule has 3 aromatic heterocycles. The summed E-state index contributed by atoms with van der Waals surface area (Å²) in [5.74, 6) is 0.233. The molecule has 9 nitrogen and oxygen atoms in total. The first-order valence-electron chi connectivity index (χ1n) is 12.2. The second-order valence-corrected chi connectivity index (χ2v) is 9.59. The molecule has 5 aromatic rings. The van der Waals surface area contributed by atoms with Crippen molar-refractivity contribution in [2.75, 3.05) is 32.0 Å². The van der Waals surface area contributed by atoms with Crippen LogP contribution in [0.25, 0.3) is 27.7 Å². The number of carbonyl (C=O) groups is 1. The molecule has 0 saturated heterocycles. The Morgan fingerprint density at radius 1 is 1.07 bits per heavy atom. The third-order valence-corrected chi connectivity index (χ3v) is 7.04. The van der Waals surface area contributed by atoms with Gasteiger partial charge < -0.3 is 24.8 Å². The van der Waals surface area contributed by atoms with Crippen LogP contribution >= 0.6 is 23.2 Å². The molecule has 0 bridgehead atoms. The van der Waals surface area contributed by atoms with Gasteiger partial charge in [0.15, 0.2) is 0 Å². The van der Waals surface area contributed by atoms with Crippen LogP contribution in [0.4, 0.5) is 21.6 Å². The van der Waals surface area contributed by atoms with Crippen molar-refractivity contribution in [3.05, 3.63) is 83.0 Å². The number of nitrogens with one attached hydrogen (secondary N) is 2. The van der Waals surface area contributed by atoms with Gasteiger partial charge in [0.05, 0.1) is 53.5 Å². The number of nitrogens with zero attached hydrogens (tertiary/aromatic N) is 3. The first kappa shape index (κ1) is 28.2. The Labute approximate surface area is 244 Å². The van der Waals surface area contributed by atoms with E-state index >= 15 is 0 Å². The van der Waals surface area contributed by atoms with Crippen molar-refractivity contribution < 1.29 is 23.4 Å². The van der Waals surface area contributed by atoms with Crippen LogP contribution < -0.4 is 20.1 Å². The van der Waals surface area contributed by atoms with Crippen LogP contribution in [0.3, 0.4) is 0 Å². The van der Waals surface area contributed by atoms with E-state index < -0.39 is 11.7 Å². The zero-order chi connectivity index (χ0) is 29.3.